The number of carbonyl (C=O) groups is 2. The van der Waals surface area contributed by atoms with E-state index < -0.39 is 0 Å². The predicted octanol–water partition coefficient (Wildman–Crippen LogP) is 5.02. The number of benzene rings is 2. The number of thioether (sulfide) groups is 1. The van der Waals surface area contributed by atoms with E-state index in [0.717, 1.165) is 28.6 Å². The molecule has 0 unspecified atom stereocenters. The van der Waals surface area contributed by atoms with E-state index in [1.54, 1.807) is 6.08 Å². The van der Waals surface area contributed by atoms with E-state index in [1.807, 2.05) is 38.1 Å². The van der Waals surface area contributed by atoms with E-state index in [1.165, 1.54) is 10.5 Å². The third-order valence-corrected chi connectivity index (χ3v) is 4.93. The Morgan fingerprint density at radius 1 is 1.04 bits per heavy atom. The Morgan fingerprint density at radius 3 is 2.27 bits per heavy atom. The zero-order valence-electron chi connectivity index (χ0n) is 15.1. The maximum absolute atomic E-state index is 12.3. The Bertz CT molecular complexity index is 839. The van der Waals surface area contributed by atoms with Crippen molar-refractivity contribution < 1.29 is 14.3 Å². The lowest BCUT2D eigenvalue weighted by molar-refractivity contribution is -0.123. The molecule has 2 aromatic carbocycles. The largest absolute Gasteiger partial charge is 0.489 e. The Hall–Kier alpha value is -2.53. The maximum atomic E-state index is 12.3. The molecule has 3 rings (SSSR count). The van der Waals surface area contributed by atoms with Gasteiger partial charge < -0.3 is 4.74 Å². The minimum absolute atomic E-state index is 0.133. The molecule has 0 spiro atoms. The highest BCUT2D eigenvalue weighted by Gasteiger charge is 2.36. The molecular formula is C21H21NO3S. The van der Waals surface area contributed by atoms with Crippen LogP contribution < -0.4 is 4.74 Å². The normalized spacial score (nSPS) is 16.0. The number of hydrogen-bond acceptors (Lipinski definition) is 4. The lowest BCUT2D eigenvalue weighted by Gasteiger charge is -2.16. The summed E-state index contributed by atoms with van der Waals surface area (Å²) in [5.74, 6) is 0.535. The lowest BCUT2D eigenvalue weighted by Crippen LogP contribution is -2.34. The highest BCUT2D eigenvalue weighted by molar-refractivity contribution is 8.18. The second kappa shape index (κ2) is 7.79. The van der Waals surface area contributed by atoms with E-state index in [4.69, 9.17) is 4.74 Å². The highest BCUT2D eigenvalue weighted by Crippen LogP contribution is 2.33. The number of hydrogen-bond donors (Lipinski definition) is 0. The van der Waals surface area contributed by atoms with Crippen molar-refractivity contribution in [1.29, 1.82) is 0 Å². The van der Waals surface area contributed by atoms with E-state index in [2.05, 4.69) is 31.2 Å². The van der Waals surface area contributed by atoms with Crippen molar-refractivity contribution in [2.75, 3.05) is 0 Å². The van der Waals surface area contributed by atoms with Gasteiger partial charge in [-0.15, -0.1) is 0 Å². The minimum Gasteiger partial charge on any atom is -0.489 e. The highest BCUT2D eigenvalue weighted by atomic mass is 32.2. The van der Waals surface area contributed by atoms with Crippen LogP contribution in [0.2, 0.25) is 0 Å². The van der Waals surface area contributed by atoms with Crippen LogP contribution >= 0.6 is 11.8 Å². The van der Waals surface area contributed by atoms with Gasteiger partial charge in [-0.1, -0.05) is 42.0 Å². The predicted molar refractivity (Wildman–Crippen MR) is 105 cm³/mol. The smallest absolute Gasteiger partial charge is 0.293 e. The quantitative estimate of drug-likeness (QED) is 0.696. The van der Waals surface area contributed by atoms with Crippen LogP contribution in [0.4, 0.5) is 4.79 Å². The molecule has 0 aromatic heterocycles. The van der Waals surface area contributed by atoms with Crippen LogP contribution in [0.25, 0.3) is 6.08 Å². The fraction of sp³-hybridized carbons (Fsp3) is 0.238. The molecule has 134 valence electrons. The molecule has 2 aromatic rings. The molecule has 4 nitrogen and oxygen atoms in total. The third kappa shape index (κ3) is 4.17. The van der Waals surface area contributed by atoms with E-state index in [-0.39, 0.29) is 17.2 Å². The molecular weight excluding hydrogens is 346 g/mol. The molecule has 1 heterocycles. The van der Waals surface area contributed by atoms with Gasteiger partial charge in [0, 0.05) is 6.04 Å². The zero-order chi connectivity index (χ0) is 18.7. The molecule has 2 amide bonds. The maximum Gasteiger partial charge on any atom is 0.293 e. The van der Waals surface area contributed by atoms with Gasteiger partial charge in [-0.25, -0.2) is 0 Å². The van der Waals surface area contributed by atoms with Crippen LogP contribution in [0.1, 0.15) is 30.5 Å². The summed E-state index contributed by atoms with van der Waals surface area (Å²) < 4.78 is 5.79. The summed E-state index contributed by atoms with van der Waals surface area (Å²) in [6.45, 7) is 6.23. The summed E-state index contributed by atoms with van der Waals surface area (Å²) in [6, 6.07) is 15.6. The molecule has 0 N–H and O–H groups in total. The summed E-state index contributed by atoms with van der Waals surface area (Å²) in [6.07, 6.45) is 1.75. The van der Waals surface area contributed by atoms with Crippen molar-refractivity contribution in [3.8, 4) is 5.75 Å². The number of ether oxygens (including phenoxy) is 1. The lowest BCUT2D eigenvalue weighted by atomic mass is 10.1. The molecule has 0 saturated carbocycles. The van der Waals surface area contributed by atoms with E-state index >= 15 is 0 Å². The topological polar surface area (TPSA) is 46.6 Å². The van der Waals surface area contributed by atoms with E-state index in [9.17, 15) is 9.59 Å². The van der Waals surface area contributed by atoms with Crippen molar-refractivity contribution in [3.05, 3.63) is 70.1 Å². The van der Waals surface area contributed by atoms with Gasteiger partial charge in [-0.3, -0.25) is 14.5 Å². The molecule has 1 aliphatic rings. The zero-order valence-corrected chi connectivity index (χ0v) is 15.9. The summed E-state index contributed by atoms with van der Waals surface area (Å²) in [5.41, 5.74) is 3.20. The Labute approximate surface area is 157 Å². The average molecular weight is 367 g/mol. The molecule has 0 radical (unpaired) electrons. The molecule has 1 saturated heterocycles. The summed E-state index contributed by atoms with van der Waals surface area (Å²) in [4.78, 5) is 26.0. The Kier molecular flexibility index (Phi) is 5.47. The molecule has 1 fully saturated rings. The number of imide groups is 1. The Balaban J connectivity index is 1.65. The van der Waals surface area contributed by atoms with Gasteiger partial charge in [-0.2, -0.15) is 0 Å². The van der Waals surface area contributed by atoms with Crippen molar-refractivity contribution >= 4 is 29.0 Å². The Morgan fingerprint density at radius 2 is 1.69 bits per heavy atom. The fourth-order valence-electron chi connectivity index (χ4n) is 2.59. The number of amides is 2. The standard InChI is InChI=1S/C21H21NO3S/c1-14(2)22-20(23)19(26-21(22)24)12-16-8-10-18(11-9-16)25-13-17-6-4-15(3)5-7-17/h4-12,14H,13H2,1-3H3/b19-12-. The first kappa shape index (κ1) is 18.3. The SMILES string of the molecule is Cc1ccc(COc2ccc(/C=C3\SC(=O)N(C(C)C)C3=O)cc2)cc1. The third-order valence-electron chi connectivity index (χ3n) is 4.04. The molecule has 1 aliphatic heterocycles. The van der Waals surface area contributed by atoms with Crippen LogP contribution in [-0.2, 0) is 11.4 Å². The average Bonchev–Trinajstić information content (AvgIpc) is 2.89. The first-order chi connectivity index (χ1) is 12.4. The van der Waals surface area contributed by atoms with Gasteiger partial charge in [-0.05, 0) is 61.9 Å². The van der Waals surface area contributed by atoms with Crippen molar-refractivity contribution in [2.24, 2.45) is 0 Å². The molecule has 0 atom stereocenters. The summed E-state index contributed by atoms with van der Waals surface area (Å²) >= 11 is 0.985. The summed E-state index contributed by atoms with van der Waals surface area (Å²) in [5, 5.41) is -0.214. The monoisotopic (exact) mass is 367 g/mol. The van der Waals surface area contributed by atoms with Crippen LogP contribution in [0.5, 0.6) is 5.75 Å². The first-order valence-corrected chi connectivity index (χ1v) is 9.31. The number of carbonyl (C=O) groups excluding carboxylic acids is 2. The van der Waals surface area contributed by atoms with Gasteiger partial charge in [0.2, 0.25) is 0 Å². The number of rotatable bonds is 5. The van der Waals surface area contributed by atoms with Crippen LogP contribution in [0.15, 0.2) is 53.4 Å². The number of nitrogens with zero attached hydrogens (tertiary/aromatic N) is 1. The summed E-state index contributed by atoms with van der Waals surface area (Å²) in [7, 11) is 0. The molecule has 0 bridgehead atoms. The minimum atomic E-state index is -0.227. The van der Waals surface area contributed by atoms with Crippen molar-refractivity contribution in [3.63, 3.8) is 0 Å². The van der Waals surface area contributed by atoms with Gasteiger partial charge >= 0.3 is 0 Å². The second-order valence-corrected chi connectivity index (χ2v) is 7.48. The van der Waals surface area contributed by atoms with Gasteiger partial charge in [0.05, 0.1) is 4.91 Å². The van der Waals surface area contributed by atoms with Gasteiger partial charge in [0.15, 0.2) is 0 Å². The first-order valence-electron chi connectivity index (χ1n) is 8.49. The van der Waals surface area contributed by atoms with Crippen LogP contribution in [0.3, 0.4) is 0 Å². The van der Waals surface area contributed by atoms with Gasteiger partial charge in [0.25, 0.3) is 11.1 Å². The molecule has 5 heteroatoms. The van der Waals surface area contributed by atoms with Gasteiger partial charge in [0.1, 0.15) is 12.4 Å². The fourth-order valence-corrected chi connectivity index (χ4v) is 3.55. The number of aryl methyl sites for hydroxylation is 1. The van der Waals surface area contributed by atoms with Crippen LogP contribution in [0, 0.1) is 6.92 Å². The van der Waals surface area contributed by atoms with Crippen LogP contribution in [-0.4, -0.2) is 22.1 Å². The second-order valence-electron chi connectivity index (χ2n) is 6.49. The molecule has 26 heavy (non-hydrogen) atoms. The van der Waals surface area contributed by atoms with Crippen molar-refractivity contribution in [1.82, 2.24) is 4.90 Å². The van der Waals surface area contributed by atoms with E-state index in [0.29, 0.717) is 11.5 Å². The molecule has 0 aliphatic carbocycles. The van der Waals surface area contributed by atoms with Crippen molar-refractivity contribution in [2.45, 2.75) is 33.4 Å².